The summed E-state index contributed by atoms with van der Waals surface area (Å²) in [5.41, 5.74) is 2.19. The third-order valence-electron chi connectivity index (χ3n) is 4.41. The van der Waals surface area contributed by atoms with Crippen LogP contribution in [0.4, 0.5) is 0 Å². The Morgan fingerprint density at radius 3 is 2.50 bits per heavy atom. The first-order valence-electron chi connectivity index (χ1n) is 8.33. The standard InChI is InChI=1S/C20H19ClN4O/c1-4-24-12-18(17-11-15(21)9-10-23-17)25(19(24)26)16-7-5-14(6-8-16)20(2,3)13-22/h5-12H,4H2,1-3H3. The molecule has 5 nitrogen and oxygen atoms in total. The highest BCUT2D eigenvalue weighted by Crippen LogP contribution is 2.26. The molecule has 3 rings (SSSR count). The van der Waals surface area contributed by atoms with Gasteiger partial charge in [0, 0.05) is 24.0 Å². The average Bonchev–Trinajstić information content (AvgIpc) is 2.98. The topological polar surface area (TPSA) is 63.6 Å². The summed E-state index contributed by atoms with van der Waals surface area (Å²) in [6, 6.07) is 13.2. The molecule has 0 amide bonds. The maximum absolute atomic E-state index is 12.8. The molecule has 0 aliphatic rings. The summed E-state index contributed by atoms with van der Waals surface area (Å²) in [4.78, 5) is 17.2. The zero-order valence-corrected chi connectivity index (χ0v) is 15.7. The van der Waals surface area contributed by atoms with Gasteiger partial charge in [-0.3, -0.25) is 14.1 Å². The highest BCUT2D eigenvalue weighted by molar-refractivity contribution is 6.30. The van der Waals surface area contributed by atoms with Crippen molar-refractivity contribution >= 4 is 11.6 Å². The summed E-state index contributed by atoms with van der Waals surface area (Å²) >= 11 is 6.10. The molecule has 0 saturated carbocycles. The Morgan fingerprint density at radius 2 is 1.92 bits per heavy atom. The summed E-state index contributed by atoms with van der Waals surface area (Å²) < 4.78 is 3.25. The fourth-order valence-corrected chi connectivity index (χ4v) is 2.95. The molecule has 3 aromatic rings. The molecular weight excluding hydrogens is 348 g/mol. The van der Waals surface area contributed by atoms with Crippen molar-refractivity contribution < 1.29 is 0 Å². The van der Waals surface area contributed by atoms with Crippen LogP contribution in [0.1, 0.15) is 26.3 Å². The molecule has 0 aliphatic carbocycles. The van der Waals surface area contributed by atoms with Crippen LogP contribution in [0, 0.1) is 11.3 Å². The second-order valence-corrected chi connectivity index (χ2v) is 7.00. The van der Waals surface area contributed by atoms with Crippen molar-refractivity contribution in [2.45, 2.75) is 32.7 Å². The number of nitrogens with zero attached hydrogens (tertiary/aromatic N) is 4. The molecule has 0 spiro atoms. The number of benzene rings is 1. The zero-order valence-electron chi connectivity index (χ0n) is 14.9. The van der Waals surface area contributed by atoms with Crippen molar-refractivity contribution in [3.63, 3.8) is 0 Å². The number of hydrogen-bond acceptors (Lipinski definition) is 3. The Balaban J connectivity index is 2.18. The zero-order chi connectivity index (χ0) is 18.9. The smallest absolute Gasteiger partial charge is 0.298 e. The molecule has 6 heteroatoms. The van der Waals surface area contributed by atoms with E-state index in [2.05, 4.69) is 11.1 Å². The van der Waals surface area contributed by atoms with Gasteiger partial charge in [0.05, 0.1) is 28.6 Å². The van der Waals surface area contributed by atoms with Crippen LogP contribution in [0.25, 0.3) is 17.1 Å². The third kappa shape index (κ3) is 3.16. The van der Waals surface area contributed by atoms with E-state index in [1.54, 1.807) is 33.7 Å². The van der Waals surface area contributed by atoms with Crippen LogP contribution in [0.3, 0.4) is 0 Å². The van der Waals surface area contributed by atoms with E-state index in [9.17, 15) is 10.1 Å². The van der Waals surface area contributed by atoms with Crippen molar-refractivity contribution in [3.8, 4) is 23.1 Å². The van der Waals surface area contributed by atoms with Gasteiger partial charge in [-0.2, -0.15) is 5.26 Å². The summed E-state index contributed by atoms with van der Waals surface area (Å²) in [5, 5.41) is 9.86. The molecule has 0 unspecified atom stereocenters. The lowest BCUT2D eigenvalue weighted by Crippen LogP contribution is -2.23. The molecule has 0 aliphatic heterocycles. The molecule has 0 radical (unpaired) electrons. The molecule has 0 saturated heterocycles. The van der Waals surface area contributed by atoms with Gasteiger partial charge < -0.3 is 0 Å². The van der Waals surface area contributed by atoms with Crippen LogP contribution >= 0.6 is 11.6 Å². The fraction of sp³-hybridized carbons (Fsp3) is 0.250. The summed E-state index contributed by atoms with van der Waals surface area (Å²) in [6.45, 7) is 6.20. The van der Waals surface area contributed by atoms with E-state index < -0.39 is 5.41 Å². The van der Waals surface area contributed by atoms with Gasteiger partial charge >= 0.3 is 5.69 Å². The van der Waals surface area contributed by atoms with Crippen molar-refractivity contribution in [1.29, 1.82) is 5.26 Å². The lowest BCUT2D eigenvalue weighted by atomic mass is 9.86. The number of aromatic nitrogens is 3. The number of rotatable bonds is 4. The fourth-order valence-electron chi connectivity index (χ4n) is 2.79. The minimum atomic E-state index is -0.587. The monoisotopic (exact) mass is 366 g/mol. The van der Waals surface area contributed by atoms with E-state index in [1.807, 2.05) is 45.0 Å². The molecule has 0 bridgehead atoms. The lowest BCUT2D eigenvalue weighted by Gasteiger charge is -2.16. The summed E-state index contributed by atoms with van der Waals surface area (Å²) in [5.74, 6) is 0. The number of nitriles is 1. The molecule has 0 fully saturated rings. The number of pyridine rings is 1. The third-order valence-corrected chi connectivity index (χ3v) is 4.64. The second-order valence-electron chi connectivity index (χ2n) is 6.56. The van der Waals surface area contributed by atoms with Gasteiger partial charge in [0.2, 0.25) is 0 Å². The number of halogens is 1. The van der Waals surface area contributed by atoms with Crippen molar-refractivity contribution in [3.05, 3.63) is 69.9 Å². The van der Waals surface area contributed by atoms with E-state index in [1.165, 1.54) is 0 Å². The lowest BCUT2D eigenvalue weighted by molar-refractivity contribution is 0.686. The van der Waals surface area contributed by atoms with Crippen LogP contribution in [-0.4, -0.2) is 14.1 Å². The quantitative estimate of drug-likeness (QED) is 0.695. The minimum Gasteiger partial charge on any atom is -0.298 e. The normalized spacial score (nSPS) is 11.3. The maximum atomic E-state index is 12.8. The predicted octanol–water partition coefficient (Wildman–Crippen LogP) is 4.18. The summed E-state index contributed by atoms with van der Waals surface area (Å²) in [6.07, 6.45) is 3.41. The van der Waals surface area contributed by atoms with Gasteiger partial charge in [-0.05, 0) is 50.6 Å². The van der Waals surface area contributed by atoms with Gasteiger partial charge in [-0.1, -0.05) is 23.7 Å². The first-order valence-corrected chi connectivity index (χ1v) is 8.71. The predicted molar refractivity (Wildman–Crippen MR) is 103 cm³/mol. The van der Waals surface area contributed by atoms with Gasteiger partial charge in [-0.25, -0.2) is 4.79 Å². The Labute approximate surface area is 157 Å². The van der Waals surface area contributed by atoms with Gasteiger partial charge in [0.15, 0.2) is 0 Å². The number of hydrogen-bond donors (Lipinski definition) is 0. The minimum absolute atomic E-state index is 0.142. The van der Waals surface area contributed by atoms with E-state index in [4.69, 9.17) is 11.6 Å². The molecular formula is C20H19ClN4O. The van der Waals surface area contributed by atoms with Crippen LogP contribution in [0.15, 0.2) is 53.6 Å². The Kier molecular flexibility index (Phi) is 4.71. The van der Waals surface area contributed by atoms with Gasteiger partial charge in [0.1, 0.15) is 0 Å². The Morgan fingerprint density at radius 1 is 1.23 bits per heavy atom. The molecule has 0 N–H and O–H groups in total. The van der Waals surface area contributed by atoms with E-state index in [0.29, 0.717) is 23.0 Å². The van der Waals surface area contributed by atoms with Gasteiger partial charge in [-0.15, -0.1) is 0 Å². The van der Waals surface area contributed by atoms with E-state index in [-0.39, 0.29) is 5.69 Å². The number of aryl methyl sites for hydroxylation is 1. The Bertz CT molecular complexity index is 1040. The number of imidazole rings is 1. The highest BCUT2D eigenvalue weighted by Gasteiger charge is 2.20. The van der Waals surface area contributed by atoms with Crippen molar-refractivity contribution in [2.75, 3.05) is 0 Å². The van der Waals surface area contributed by atoms with Crippen LogP contribution in [0.2, 0.25) is 5.02 Å². The molecule has 2 heterocycles. The first-order chi connectivity index (χ1) is 12.4. The SMILES string of the molecule is CCn1cc(-c2cc(Cl)ccn2)n(-c2ccc(C(C)(C)C#N)cc2)c1=O. The van der Waals surface area contributed by atoms with Crippen LogP contribution in [-0.2, 0) is 12.0 Å². The molecule has 2 aromatic heterocycles. The van der Waals surface area contributed by atoms with E-state index >= 15 is 0 Å². The van der Waals surface area contributed by atoms with Gasteiger partial charge in [0.25, 0.3) is 0 Å². The van der Waals surface area contributed by atoms with Crippen LogP contribution in [0.5, 0.6) is 0 Å². The molecule has 26 heavy (non-hydrogen) atoms. The molecule has 1 aromatic carbocycles. The Hall–Kier alpha value is -2.84. The van der Waals surface area contributed by atoms with Crippen molar-refractivity contribution in [2.24, 2.45) is 0 Å². The van der Waals surface area contributed by atoms with E-state index in [0.717, 1.165) is 11.3 Å². The van der Waals surface area contributed by atoms with Crippen molar-refractivity contribution in [1.82, 2.24) is 14.1 Å². The summed E-state index contributed by atoms with van der Waals surface area (Å²) in [7, 11) is 0. The average molecular weight is 367 g/mol. The maximum Gasteiger partial charge on any atom is 0.333 e. The second kappa shape index (κ2) is 6.81. The first kappa shape index (κ1) is 18.0. The molecule has 132 valence electrons. The largest absolute Gasteiger partial charge is 0.333 e. The van der Waals surface area contributed by atoms with Crippen LogP contribution < -0.4 is 5.69 Å². The highest BCUT2D eigenvalue weighted by atomic mass is 35.5. The molecule has 0 atom stereocenters.